The molecule has 3 nitrogen and oxygen atoms in total. The van der Waals surface area contributed by atoms with Crippen LogP contribution in [-0.4, -0.2) is 9.13 Å². The summed E-state index contributed by atoms with van der Waals surface area (Å²) in [7, 11) is 0. The summed E-state index contributed by atoms with van der Waals surface area (Å²) in [5, 5.41) is 5.02. The lowest BCUT2D eigenvalue weighted by atomic mass is 10.0. The average Bonchev–Trinajstić information content (AvgIpc) is 3.70. The van der Waals surface area contributed by atoms with Crippen LogP contribution in [0.15, 0.2) is 195 Å². The number of benzene rings is 7. The fourth-order valence-electron chi connectivity index (χ4n) is 7.89. The van der Waals surface area contributed by atoms with Gasteiger partial charge in [-0.25, -0.2) is 0 Å². The van der Waals surface area contributed by atoms with Gasteiger partial charge in [-0.2, -0.15) is 0 Å². The lowest BCUT2D eigenvalue weighted by Gasteiger charge is -2.26. The Hall–Kier alpha value is -6.84. The zero-order valence-corrected chi connectivity index (χ0v) is 27.9. The van der Waals surface area contributed by atoms with Crippen molar-refractivity contribution in [2.75, 3.05) is 4.90 Å². The maximum atomic E-state index is 4.39. The number of hydrogen-bond donors (Lipinski definition) is 0. The van der Waals surface area contributed by atoms with Crippen molar-refractivity contribution in [1.29, 1.82) is 0 Å². The van der Waals surface area contributed by atoms with Crippen LogP contribution in [0.2, 0.25) is 0 Å². The highest BCUT2D eigenvalue weighted by atomic mass is 15.1. The van der Waals surface area contributed by atoms with Gasteiger partial charge in [0.1, 0.15) is 0 Å². The van der Waals surface area contributed by atoms with Gasteiger partial charge in [-0.1, -0.05) is 122 Å². The summed E-state index contributed by atoms with van der Waals surface area (Å²) in [6, 6.07) is 59.2. The first-order valence-electron chi connectivity index (χ1n) is 17.4. The molecule has 51 heavy (non-hydrogen) atoms. The number of allylic oxidation sites excluding steroid dienone is 4. The highest BCUT2D eigenvalue weighted by Crippen LogP contribution is 2.40. The van der Waals surface area contributed by atoms with E-state index in [0.717, 1.165) is 45.0 Å². The van der Waals surface area contributed by atoms with Crippen molar-refractivity contribution >= 4 is 60.6 Å². The Bertz CT molecular complexity index is 2770. The molecule has 0 aliphatic carbocycles. The molecule has 0 radical (unpaired) electrons. The topological polar surface area (TPSA) is 13.1 Å². The molecule has 10 rings (SSSR count). The SMILES string of the molecule is C=C1/C=C\C=CN(c2cc(-c3ccc(-n4c5ccccc5c5ccccc54)cc3)cc(-n3c4ccccc4c4ccccc43)c2)c2ccccc21. The molecule has 0 N–H and O–H groups in total. The Morgan fingerprint density at radius 2 is 0.882 bits per heavy atom. The van der Waals surface area contributed by atoms with Crippen molar-refractivity contribution in [1.82, 2.24) is 9.13 Å². The molecule has 0 saturated carbocycles. The summed E-state index contributed by atoms with van der Waals surface area (Å²) in [6.07, 6.45) is 8.39. The van der Waals surface area contributed by atoms with Gasteiger partial charge in [-0.15, -0.1) is 0 Å². The fraction of sp³-hybridized carbons (Fsp3) is 0. The summed E-state index contributed by atoms with van der Waals surface area (Å²) >= 11 is 0. The van der Waals surface area contributed by atoms with Gasteiger partial charge in [0.15, 0.2) is 0 Å². The molecule has 7 aromatic carbocycles. The number of nitrogens with zero attached hydrogens (tertiary/aromatic N) is 3. The smallest absolute Gasteiger partial charge is 0.0541 e. The number of fused-ring (bicyclic) bond motifs is 7. The minimum absolute atomic E-state index is 0.986. The molecule has 240 valence electrons. The van der Waals surface area contributed by atoms with Crippen molar-refractivity contribution in [3.8, 4) is 22.5 Å². The Morgan fingerprint density at radius 3 is 1.47 bits per heavy atom. The van der Waals surface area contributed by atoms with E-state index in [2.05, 4.69) is 209 Å². The highest BCUT2D eigenvalue weighted by Gasteiger charge is 2.19. The second-order valence-electron chi connectivity index (χ2n) is 13.1. The third-order valence-corrected chi connectivity index (χ3v) is 10.2. The fourth-order valence-corrected chi connectivity index (χ4v) is 7.89. The van der Waals surface area contributed by atoms with Crippen molar-refractivity contribution < 1.29 is 0 Å². The maximum Gasteiger partial charge on any atom is 0.0541 e. The van der Waals surface area contributed by atoms with E-state index >= 15 is 0 Å². The largest absolute Gasteiger partial charge is 0.316 e. The third kappa shape index (κ3) is 4.67. The average molecular weight is 652 g/mol. The molecule has 0 amide bonds. The Labute approximate surface area is 296 Å². The third-order valence-electron chi connectivity index (χ3n) is 10.2. The molecule has 1 aliphatic rings. The molecule has 0 bridgehead atoms. The van der Waals surface area contributed by atoms with E-state index in [0.29, 0.717) is 0 Å². The van der Waals surface area contributed by atoms with E-state index in [-0.39, 0.29) is 0 Å². The van der Waals surface area contributed by atoms with Crippen LogP contribution < -0.4 is 4.90 Å². The predicted octanol–water partition coefficient (Wildman–Crippen LogP) is 12.8. The summed E-state index contributed by atoms with van der Waals surface area (Å²) in [5.41, 5.74) is 13.6. The van der Waals surface area contributed by atoms with Crippen LogP contribution in [0, 0.1) is 0 Å². The summed E-state index contributed by atoms with van der Waals surface area (Å²) in [6.45, 7) is 4.39. The molecule has 0 unspecified atom stereocenters. The number of anilines is 2. The van der Waals surface area contributed by atoms with Crippen molar-refractivity contribution in [2.45, 2.75) is 0 Å². The minimum atomic E-state index is 0.986. The van der Waals surface area contributed by atoms with E-state index in [1.54, 1.807) is 0 Å². The van der Waals surface area contributed by atoms with Crippen molar-refractivity contribution in [3.63, 3.8) is 0 Å². The maximum absolute atomic E-state index is 4.39. The second kappa shape index (κ2) is 11.6. The molecule has 9 aromatic rings. The molecule has 0 saturated heterocycles. The Kier molecular flexibility index (Phi) is 6.65. The van der Waals surface area contributed by atoms with Crippen molar-refractivity contribution in [2.24, 2.45) is 0 Å². The van der Waals surface area contributed by atoms with Crippen LogP contribution in [0.3, 0.4) is 0 Å². The van der Waals surface area contributed by atoms with E-state index < -0.39 is 0 Å². The Balaban J connectivity index is 1.19. The number of aromatic nitrogens is 2. The van der Waals surface area contributed by atoms with Gasteiger partial charge in [-0.3, -0.25) is 0 Å². The van der Waals surface area contributed by atoms with Crippen LogP contribution in [0.25, 0.3) is 71.7 Å². The number of hydrogen-bond acceptors (Lipinski definition) is 1. The second-order valence-corrected chi connectivity index (χ2v) is 13.1. The molecule has 0 fully saturated rings. The zero-order chi connectivity index (χ0) is 33.9. The highest BCUT2D eigenvalue weighted by molar-refractivity contribution is 6.10. The lowest BCUT2D eigenvalue weighted by molar-refractivity contribution is 1.17. The molecule has 0 spiro atoms. The normalized spacial score (nSPS) is 13.6. The number of rotatable bonds is 4. The van der Waals surface area contributed by atoms with E-state index in [9.17, 15) is 0 Å². The molecular weight excluding hydrogens is 619 g/mol. The van der Waals surface area contributed by atoms with E-state index in [1.807, 2.05) is 0 Å². The first-order valence-corrected chi connectivity index (χ1v) is 17.4. The van der Waals surface area contributed by atoms with Gasteiger partial charge < -0.3 is 14.0 Å². The molecular formula is C48H33N3. The first-order chi connectivity index (χ1) is 25.2. The molecule has 3 heterocycles. The lowest BCUT2D eigenvalue weighted by Crippen LogP contribution is -2.12. The van der Waals surface area contributed by atoms with Crippen LogP contribution >= 0.6 is 0 Å². The summed E-state index contributed by atoms with van der Waals surface area (Å²) < 4.78 is 4.78. The number of para-hydroxylation sites is 5. The van der Waals surface area contributed by atoms with E-state index in [4.69, 9.17) is 0 Å². The van der Waals surface area contributed by atoms with Crippen LogP contribution in [0.1, 0.15) is 5.56 Å². The predicted molar refractivity (Wildman–Crippen MR) is 216 cm³/mol. The zero-order valence-electron chi connectivity index (χ0n) is 27.9. The van der Waals surface area contributed by atoms with E-state index in [1.165, 1.54) is 43.6 Å². The van der Waals surface area contributed by atoms with Crippen LogP contribution in [0.4, 0.5) is 11.4 Å². The standard InChI is InChI=1S/C48H33N3/c1-33-14-12-13-29-49(44-20-7-2-15-39(33)44)37-30-35(31-38(32-37)51-47-23-10-5-18-42(47)43-19-6-11-24-48(43)51)34-25-27-36(28-26-34)50-45-21-8-3-16-40(45)41-17-4-9-22-46(41)50/h2-32H,1H2/b14-12-,29-13?. The molecule has 2 aromatic heterocycles. The van der Waals surface area contributed by atoms with Gasteiger partial charge in [0, 0.05) is 50.4 Å². The van der Waals surface area contributed by atoms with Crippen LogP contribution in [0.5, 0.6) is 0 Å². The van der Waals surface area contributed by atoms with Crippen LogP contribution in [-0.2, 0) is 0 Å². The first kappa shape index (κ1) is 29.1. The Morgan fingerprint density at radius 1 is 0.392 bits per heavy atom. The van der Waals surface area contributed by atoms with Gasteiger partial charge in [0.2, 0.25) is 0 Å². The quantitative estimate of drug-likeness (QED) is 0.185. The minimum Gasteiger partial charge on any atom is -0.316 e. The van der Waals surface area contributed by atoms with Crippen molar-refractivity contribution in [3.05, 3.63) is 200 Å². The molecule has 0 atom stereocenters. The van der Waals surface area contributed by atoms with Gasteiger partial charge in [0.05, 0.1) is 27.8 Å². The molecule has 3 heteroatoms. The summed E-state index contributed by atoms with van der Waals surface area (Å²) in [5.74, 6) is 0. The van der Waals surface area contributed by atoms with Gasteiger partial charge in [-0.05, 0) is 83.4 Å². The van der Waals surface area contributed by atoms with Gasteiger partial charge >= 0.3 is 0 Å². The molecule has 1 aliphatic heterocycles. The summed E-state index contributed by atoms with van der Waals surface area (Å²) in [4.78, 5) is 2.29. The monoisotopic (exact) mass is 651 g/mol. The van der Waals surface area contributed by atoms with Gasteiger partial charge in [0.25, 0.3) is 0 Å².